The van der Waals surface area contributed by atoms with Gasteiger partial charge >= 0.3 is 0 Å². The normalized spacial score (nSPS) is 17.2. The van der Waals surface area contributed by atoms with Crippen LogP contribution in [-0.2, 0) is 6.42 Å². The predicted octanol–water partition coefficient (Wildman–Crippen LogP) is 3.31. The molecule has 1 heterocycles. The van der Waals surface area contributed by atoms with E-state index in [1.165, 1.54) is 24.1 Å². The number of hydrogen-bond donors (Lipinski definition) is 1. The molecule has 0 bridgehead atoms. The average molecular weight is 272 g/mol. The second-order valence-corrected chi connectivity index (χ2v) is 6.10. The fraction of sp³-hybridized carbons (Fsp3) is 0.588. The molecule has 0 atom stereocenters. The summed E-state index contributed by atoms with van der Waals surface area (Å²) in [5, 5.41) is 3.40. The third kappa shape index (κ3) is 2.97. The van der Waals surface area contributed by atoms with Gasteiger partial charge in [0.2, 0.25) is 0 Å². The van der Waals surface area contributed by atoms with Crippen molar-refractivity contribution in [2.75, 3.05) is 25.0 Å². The van der Waals surface area contributed by atoms with Gasteiger partial charge in [-0.25, -0.2) is 0 Å². The van der Waals surface area contributed by atoms with Crippen molar-refractivity contribution in [3.8, 4) is 0 Å². The fourth-order valence-corrected chi connectivity index (χ4v) is 2.95. The van der Waals surface area contributed by atoms with E-state index in [1.54, 1.807) is 0 Å². The lowest BCUT2D eigenvalue weighted by Crippen LogP contribution is -2.33. The number of carbonyl (C=O) groups excluding carboxylic acids is 1. The van der Waals surface area contributed by atoms with Crippen LogP contribution in [0.2, 0.25) is 0 Å². The van der Waals surface area contributed by atoms with Crippen molar-refractivity contribution in [3.63, 3.8) is 0 Å². The standard InChI is InChI=1S/C17H24N2O/c1-2-10-19(12-13-5-6-13)17(20)15-7-8-16-14(11-15)4-3-9-18-16/h7-8,11,13,18H,2-6,9-10,12H2,1H3. The van der Waals surface area contributed by atoms with Crippen molar-refractivity contribution in [1.82, 2.24) is 4.90 Å². The first-order valence-electron chi connectivity index (χ1n) is 7.94. The molecule has 3 nitrogen and oxygen atoms in total. The average Bonchev–Trinajstić information content (AvgIpc) is 3.29. The van der Waals surface area contributed by atoms with Crippen LogP contribution in [0.1, 0.15) is 48.5 Å². The topological polar surface area (TPSA) is 32.3 Å². The van der Waals surface area contributed by atoms with Crippen LogP contribution in [-0.4, -0.2) is 30.4 Å². The van der Waals surface area contributed by atoms with Crippen LogP contribution in [0.15, 0.2) is 18.2 Å². The number of benzene rings is 1. The van der Waals surface area contributed by atoms with Crippen molar-refractivity contribution in [2.45, 2.75) is 39.0 Å². The van der Waals surface area contributed by atoms with Crippen LogP contribution in [0.5, 0.6) is 0 Å². The van der Waals surface area contributed by atoms with Crippen molar-refractivity contribution in [1.29, 1.82) is 0 Å². The molecule has 108 valence electrons. The van der Waals surface area contributed by atoms with Crippen molar-refractivity contribution >= 4 is 11.6 Å². The zero-order valence-electron chi connectivity index (χ0n) is 12.3. The molecule has 1 N–H and O–H groups in total. The molecule has 1 fully saturated rings. The zero-order valence-corrected chi connectivity index (χ0v) is 12.3. The molecule has 0 unspecified atom stereocenters. The molecule has 1 aliphatic carbocycles. The molecular weight excluding hydrogens is 248 g/mol. The third-order valence-corrected chi connectivity index (χ3v) is 4.25. The molecule has 2 aliphatic rings. The molecule has 1 aromatic carbocycles. The van der Waals surface area contributed by atoms with Gasteiger partial charge in [-0.1, -0.05) is 6.92 Å². The Bertz CT molecular complexity index is 494. The van der Waals surface area contributed by atoms with Gasteiger partial charge in [0.05, 0.1) is 0 Å². The molecule has 20 heavy (non-hydrogen) atoms. The van der Waals surface area contributed by atoms with Gasteiger partial charge in [-0.05, 0) is 61.8 Å². The van der Waals surface area contributed by atoms with Crippen LogP contribution in [0.4, 0.5) is 5.69 Å². The van der Waals surface area contributed by atoms with Crippen molar-refractivity contribution in [2.24, 2.45) is 5.92 Å². The fourth-order valence-electron chi connectivity index (χ4n) is 2.95. The lowest BCUT2D eigenvalue weighted by Gasteiger charge is -2.24. The van der Waals surface area contributed by atoms with Crippen molar-refractivity contribution < 1.29 is 4.79 Å². The van der Waals surface area contributed by atoms with Gasteiger partial charge in [-0.15, -0.1) is 0 Å². The largest absolute Gasteiger partial charge is 0.385 e. The number of aryl methyl sites for hydroxylation is 1. The zero-order chi connectivity index (χ0) is 13.9. The summed E-state index contributed by atoms with van der Waals surface area (Å²) in [6, 6.07) is 6.15. The number of carbonyl (C=O) groups is 1. The van der Waals surface area contributed by atoms with E-state index in [0.29, 0.717) is 0 Å². The minimum Gasteiger partial charge on any atom is -0.385 e. The van der Waals surface area contributed by atoms with Gasteiger partial charge < -0.3 is 10.2 Å². The van der Waals surface area contributed by atoms with Gasteiger partial charge in [0.1, 0.15) is 0 Å². The van der Waals surface area contributed by atoms with Crippen LogP contribution in [0, 0.1) is 5.92 Å². The Morgan fingerprint density at radius 3 is 3.00 bits per heavy atom. The Kier molecular flexibility index (Phi) is 3.95. The molecular formula is C17H24N2O. The van der Waals surface area contributed by atoms with Gasteiger partial charge in [0.25, 0.3) is 5.91 Å². The highest BCUT2D eigenvalue weighted by molar-refractivity contribution is 5.95. The Morgan fingerprint density at radius 1 is 1.40 bits per heavy atom. The number of amides is 1. The lowest BCUT2D eigenvalue weighted by atomic mass is 10.00. The lowest BCUT2D eigenvalue weighted by molar-refractivity contribution is 0.0747. The first-order valence-corrected chi connectivity index (χ1v) is 7.94. The molecule has 3 rings (SSSR count). The van der Waals surface area contributed by atoms with Crippen LogP contribution in [0.25, 0.3) is 0 Å². The summed E-state index contributed by atoms with van der Waals surface area (Å²) >= 11 is 0. The highest BCUT2D eigenvalue weighted by Gasteiger charge is 2.27. The van der Waals surface area contributed by atoms with Crippen LogP contribution >= 0.6 is 0 Å². The molecule has 1 aliphatic heterocycles. The number of rotatable bonds is 5. The molecule has 1 amide bonds. The van der Waals surface area contributed by atoms with Gasteiger partial charge in [0.15, 0.2) is 0 Å². The van der Waals surface area contributed by atoms with E-state index in [0.717, 1.165) is 50.4 Å². The van der Waals surface area contributed by atoms with Gasteiger partial charge in [-0.2, -0.15) is 0 Å². The third-order valence-electron chi connectivity index (χ3n) is 4.25. The van der Waals surface area contributed by atoms with E-state index in [-0.39, 0.29) is 5.91 Å². The van der Waals surface area contributed by atoms with Gasteiger partial charge in [-0.3, -0.25) is 4.79 Å². The highest BCUT2D eigenvalue weighted by Crippen LogP contribution is 2.30. The van der Waals surface area contributed by atoms with Crippen LogP contribution < -0.4 is 5.32 Å². The SMILES string of the molecule is CCCN(CC1CC1)C(=O)c1ccc2c(c1)CCCN2. The second kappa shape index (κ2) is 5.86. The first-order chi connectivity index (χ1) is 9.78. The molecule has 0 radical (unpaired) electrons. The van der Waals surface area contributed by atoms with Crippen molar-refractivity contribution in [3.05, 3.63) is 29.3 Å². The monoisotopic (exact) mass is 272 g/mol. The smallest absolute Gasteiger partial charge is 0.253 e. The summed E-state index contributed by atoms with van der Waals surface area (Å²) in [6.45, 7) is 5.01. The highest BCUT2D eigenvalue weighted by atomic mass is 16.2. The molecule has 0 saturated heterocycles. The van der Waals surface area contributed by atoms with Gasteiger partial charge in [0, 0.05) is 30.9 Å². The predicted molar refractivity (Wildman–Crippen MR) is 82.2 cm³/mol. The maximum absolute atomic E-state index is 12.7. The van der Waals surface area contributed by atoms with E-state index < -0.39 is 0 Å². The summed E-state index contributed by atoms with van der Waals surface area (Å²) in [5.74, 6) is 0.969. The molecule has 0 aromatic heterocycles. The summed E-state index contributed by atoms with van der Waals surface area (Å²) in [7, 11) is 0. The molecule has 1 aromatic rings. The Morgan fingerprint density at radius 2 is 2.25 bits per heavy atom. The Labute approximate surface area is 121 Å². The minimum absolute atomic E-state index is 0.215. The summed E-state index contributed by atoms with van der Waals surface area (Å²) in [5.41, 5.74) is 3.36. The van der Waals surface area contributed by atoms with E-state index in [1.807, 2.05) is 6.07 Å². The van der Waals surface area contributed by atoms with E-state index >= 15 is 0 Å². The number of nitrogens with one attached hydrogen (secondary N) is 1. The molecule has 1 saturated carbocycles. The van der Waals surface area contributed by atoms with E-state index in [4.69, 9.17) is 0 Å². The minimum atomic E-state index is 0.215. The second-order valence-electron chi connectivity index (χ2n) is 6.10. The number of anilines is 1. The Balaban J connectivity index is 1.76. The summed E-state index contributed by atoms with van der Waals surface area (Å²) < 4.78 is 0. The van der Waals surface area contributed by atoms with E-state index in [9.17, 15) is 4.79 Å². The van der Waals surface area contributed by atoms with Crippen LogP contribution in [0.3, 0.4) is 0 Å². The summed E-state index contributed by atoms with van der Waals surface area (Å²) in [4.78, 5) is 14.7. The van der Waals surface area contributed by atoms with E-state index in [2.05, 4.69) is 29.3 Å². The maximum atomic E-state index is 12.7. The summed E-state index contributed by atoms with van der Waals surface area (Å²) in [6.07, 6.45) is 5.86. The molecule has 0 spiro atoms. The number of nitrogens with zero attached hydrogens (tertiary/aromatic N) is 1. The first kappa shape index (κ1) is 13.5. The number of hydrogen-bond acceptors (Lipinski definition) is 2. The molecule has 3 heteroatoms. The quantitative estimate of drug-likeness (QED) is 0.892. The Hall–Kier alpha value is -1.51. The number of fused-ring (bicyclic) bond motifs is 1. The maximum Gasteiger partial charge on any atom is 0.253 e.